The molecule has 0 fully saturated rings. The van der Waals surface area contributed by atoms with Crippen molar-refractivity contribution in [1.29, 1.82) is 0 Å². The van der Waals surface area contributed by atoms with E-state index >= 15 is 0 Å². The van der Waals surface area contributed by atoms with E-state index in [9.17, 15) is 18.0 Å². The lowest BCUT2D eigenvalue weighted by molar-refractivity contribution is -0.140. The Kier molecular flexibility index (Phi) is 12.1. The number of rotatable bonds is 14. The van der Waals surface area contributed by atoms with E-state index in [-0.39, 0.29) is 18.5 Å². The summed E-state index contributed by atoms with van der Waals surface area (Å²) in [5.74, 6) is -0.301. The van der Waals surface area contributed by atoms with Crippen molar-refractivity contribution >= 4 is 50.7 Å². The first-order chi connectivity index (χ1) is 19.9. The zero-order chi connectivity index (χ0) is 30.9. The van der Waals surface area contributed by atoms with Crippen molar-refractivity contribution in [2.24, 2.45) is 0 Å². The van der Waals surface area contributed by atoms with Crippen LogP contribution in [-0.4, -0.2) is 50.0 Å². The number of hydrogen-bond donors (Lipinski definition) is 1. The maximum atomic E-state index is 13.9. The SMILES string of the molecule is CC[C@H](C)NC(=O)[C@H](CC)N(Cc1ccc(Cl)c(Cl)c1)C(=O)CN(c1ccc(OCc2ccccc2)cc1)S(C)(=O)=O. The van der Waals surface area contributed by atoms with Gasteiger partial charge in [0.15, 0.2) is 0 Å². The number of anilines is 1. The van der Waals surface area contributed by atoms with Gasteiger partial charge in [-0.15, -0.1) is 0 Å². The van der Waals surface area contributed by atoms with Gasteiger partial charge in [0.05, 0.1) is 22.0 Å². The zero-order valence-electron chi connectivity index (χ0n) is 24.2. The van der Waals surface area contributed by atoms with E-state index in [1.807, 2.05) is 44.2 Å². The number of ether oxygens (including phenoxy) is 1. The van der Waals surface area contributed by atoms with Gasteiger partial charge >= 0.3 is 0 Å². The molecule has 2 atom stereocenters. The molecule has 2 amide bonds. The predicted molar refractivity (Wildman–Crippen MR) is 168 cm³/mol. The van der Waals surface area contributed by atoms with Crippen molar-refractivity contribution in [3.05, 3.63) is 94.0 Å². The molecule has 3 rings (SSSR count). The normalized spacial score (nSPS) is 12.7. The third-order valence-corrected chi connectivity index (χ3v) is 8.66. The Morgan fingerprint density at radius 3 is 2.14 bits per heavy atom. The second kappa shape index (κ2) is 15.3. The molecule has 0 aromatic heterocycles. The van der Waals surface area contributed by atoms with Gasteiger partial charge in [-0.2, -0.15) is 0 Å². The van der Waals surface area contributed by atoms with Gasteiger partial charge in [0.25, 0.3) is 0 Å². The molecule has 0 radical (unpaired) electrons. The van der Waals surface area contributed by atoms with Crippen LogP contribution in [0.2, 0.25) is 10.0 Å². The van der Waals surface area contributed by atoms with E-state index in [1.54, 1.807) is 49.4 Å². The highest BCUT2D eigenvalue weighted by atomic mass is 35.5. The number of sulfonamides is 1. The molecule has 11 heteroatoms. The fourth-order valence-electron chi connectivity index (χ4n) is 4.26. The van der Waals surface area contributed by atoms with Crippen LogP contribution in [0, 0.1) is 0 Å². The van der Waals surface area contributed by atoms with E-state index in [2.05, 4.69) is 5.32 Å². The minimum Gasteiger partial charge on any atom is -0.489 e. The van der Waals surface area contributed by atoms with Gasteiger partial charge in [0, 0.05) is 12.6 Å². The Bertz CT molecular complexity index is 1450. The van der Waals surface area contributed by atoms with Crippen LogP contribution in [-0.2, 0) is 32.8 Å². The van der Waals surface area contributed by atoms with E-state index in [1.165, 1.54) is 4.90 Å². The number of benzene rings is 3. The molecule has 0 saturated heterocycles. The van der Waals surface area contributed by atoms with Gasteiger partial charge in [0.1, 0.15) is 24.9 Å². The molecule has 0 spiro atoms. The largest absolute Gasteiger partial charge is 0.489 e. The van der Waals surface area contributed by atoms with Crippen molar-refractivity contribution < 1.29 is 22.7 Å². The van der Waals surface area contributed by atoms with E-state index in [0.717, 1.165) is 22.5 Å². The van der Waals surface area contributed by atoms with Crippen LogP contribution in [0.4, 0.5) is 5.69 Å². The summed E-state index contributed by atoms with van der Waals surface area (Å²) in [5.41, 5.74) is 1.94. The number of halogens is 2. The Labute approximate surface area is 258 Å². The quantitative estimate of drug-likeness (QED) is 0.233. The highest BCUT2D eigenvalue weighted by Gasteiger charge is 2.32. The average molecular weight is 635 g/mol. The number of nitrogens with zero attached hydrogens (tertiary/aromatic N) is 2. The highest BCUT2D eigenvalue weighted by molar-refractivity contribution is 7.92. The van der Waals surface area contributed by atoms with Gasteiger partial charge in [-0.05, 0) is 67.3 Å². The molecule has 3 aromatic rings. The summed E-state index contributed by atoms with van der Waals surface area (Å²) in [6.07, 6.45) is 2.08. The molecular formula is C31H37Cl2N3O5S. The maximum Gasteiger partial charge on any atom is 0.244 e. The molecule has 0 aliphatic carbocycles. The van der Waals surface area contributed by atoms with Crippen LogP contribution in [0.5, 0.6) is 5.75 Å². The lowest BCUT2D eigenvalue weighted by atomic mass is 10.1. The molecule has 3 aromatic carbocycles. The Morgan fingerprint density at radius 1 is 0.905 bits per heavy atom. The number of carbonyl (C=O) groups is 2. The van der Waals surface area contributed by atoms with Crippen molar-refractivity contribution in [1.82, 2.24) is 10.2 Å². The Morgan fingerprint density at radius 2 is 1.57 bits per heavy atom. The van der Waals surface area contributed by atoms with Gasteiger partial charge in [-0.3, -0.25) is 13.9 Å². The van der Waals surface area contributed by atoms with Gasteiger partial charge < -0.3 is 15.0 Å². The maximum absolute atomic E-state index is 13.9. The second-order valence-electron chi connectivity index (χ2n) is 10.0. The van der Waals surface area contributed by atoms with Crippen LogP contribution in [0.1, 0.15) is 44.7 Å². The first-order valence-corrected chi connectivity index (χ1v) is 16.3. The summed E-state index contributed by atoms with van der Waals surface area (Å²) >= 11 is 12.3. The molecule has 0 aliphatic rings. The molecule has 0 aliphatic heterocycles. The van der Waals surface area contributed by atoms with E-state index in [4.69, 9.17) is 27.9 Å². The molecule has 226 valence electrons. The van der Waals surface area contributed by atoms with Gasteiger partial charge in [0.2, 0.25) is 21.8 Å². The van der Waals surface area contributed by atoms with Crippen LogP contribution in [0.3, 0.4) is 0 Å². The third-order valence-electron chi connectivity index (χ3n) is 6.78. The molecular weight excluding hydrogens is 597 g/mol. The Balaban J connectivity index is 1.87. The third kappa shape index (κ3) is 9.37. The lowest BCUT2D eigenvalue weighted by Crippen LogP contribution is -2.53. The van der Waals surface area contributed by atoms with Crippen molar-refractivity contribution in [2.45, 2.75) is 58.8 Å². The predicted octanol–water partition coefficient (Wildman–Crippen LogP) is 6.06. The minimum absolute atomic E-state index is 0.0338. The fraction of sp³-hybridized carbons (Fsp3) is 0.355. The zero-order valence-corrected chi connectivity index (χ0v) is 26.5. The molecule has 0 saturated carbocycles. The highest BCUT2D eigenvalue weighted by Crippen LogP contribution is 2.26. The van der Waals surface area contributed by atoms with E-state index in [0.29, 0.717) is 40.1 Å². The molecule has 42 heavy (non-hydrogen) atoms. The van der Waals surface area contributed by atoms with Crippen molar-refractivity contribution in [3.8, 4) is 5.75 Å². The summed E-state index contributed by atoms with van der Waals surface area (Å²) in [4.78, 5) is 28.5. The first kappa shape index (κ1) is 33.2. The van der Waals surface area contributed by atoms with Crippen LogP contribution in [0.15, 0.2) is 72.8 Å². The summed E-state index contributed by atoms with van der Waals surface area (Å²) in [5, 5.41) is 3.61. The van der Waals surface area contributed by atoms with Crippen molar-refractivity contribution in [2.75, 3.05) is 17.1 Å². The minimum atomic E-state index is -3.87. The van der Waals surface area contributed by atoms with E-state index < -0.39 is 28.5 Å². The monoisotopic (exact) mass is 633 g/mol. The van der Waals surface area contributed by atoms with Crippen LogP contribution >= 0.6 is 23.2 Å². The number of carbonyl (C=O) groups excluding carboxylic acids is 2. The molecule has 8 nitrogen and oxygen atoms in total. The topological polar surface area (TPSA) is 96.0 Å². The molecule has 0 unspecified atom stereocenters. The summed E-state index contributed by atoms with van der Waals surface area (Å²) < 4.78 is 32.6. The molecule has 0 bridgehead atoms. The second-order valence-corrected chi connectivity index (χ2v) is 12.8. The lowest BCUT2D eigenvalue weighted by Gasteiger charge is -2.33. The summed E-state index contributed by atoms with van der Waals surface area (Å²) in [7, 11) is -3.87. The first-order valence-electron chi connectivity index (χ1n) is 13.7. The fourth-order valence-corrected chi connectivity index (χ4v) is 5.43. The number of nitrogens with one attached hydrogen (secondary N) is 1. The van der Waals surface area contributed by atoms with Crippen LogP contribution in [0.25, 0.3) is 0 Å². The number of amides is 2. The Hall–Kier alpha value is -3.27. The van der Waals surface area contributed by atoms with Crippen molar-refractivity contribution in [3.63, 3.8) is 0 Å². The summed E-state index contributed by atoms with van der Waals surface area (Å²) in [6, 6.07) is 20.2. The van der Waals surface area contributed by atoms with Crippen LogP contribution < -0.4 is 14.4 Å². The molecule has 0 heterocycles. The smallest absolute Gasteiger partial charge is 0.244 e. The molecule has 1 N–H and O–H groups in total. The number of hydrogen-bond acceptors (Lipinski definition) is 5. The van der Waals surface area contributed by atoms with Gasteiger partial charge in [-0.1, -0.05) is 73.4 Å². The standard InChI is InChI=1S/C31H37Cl2N3O5S/c1-5-22(3)34-31(38)29(6-2)35(19-24-12-17-27(32)28(33)18-24)30(37)20-36(42(4,39)40)25-13-15-26(16-14-25)41-21-23-10-8-7-9-11-23/h7-18,22,29H,5-6,19-21H2,1-4H3,(H,34,38)/t22-,29-/m0/s1. The average Bonchev–Trinajstić information content (AvgIpc) is 2.96. The van der Waals surface area contributed by atoms with Gasteiger partial charge in [-0.25, -0.2) is 8.42 Å². The summed E-state index contributed by atoms with van der Waals surface area (Å²) in [6.45, 7) is 5.53.